The van der Waals surface area contributed by atoms with Gasteiger partial charge in [0.25, 0.3) is 0 Å². The fourth-order valence-corrected chi connectivity index (χ4v) is 8.33. The molecule has 0 saturated heterocycles. The van der Waals surface area contributed by atoms with E-state index in [1.165, 1.54) is 193 Å². The largest absolute Gasteiger partial charge is 0.462 e. The molecule has 0 fully saturated rings. The summed E-state index contributed by atoms with van der Waals surface area (Å²) in [6.45, 7) is 6.62. The van der Waals surface area contributed by atoms with Gasteiger partial charge in [0.05, 0.1) is 0 Å². The number of unbranched alkanes of at least 4 members (excludes halogenated alkanes) is 35. The van der Waals surface area contributed by atoms with Crippen LogP contribution >= 0.6 is 0 Å². The van der Waals surface area contributed by atoms with Crippen LogP contribution in [0.15, 0.2) is 36.5 Å². The lowest BCUT2D eigenvalue weighted by Gasteiger charge is -2.18. The van der Waals surface area contributed by atoms with E-state index in [0.29, 0.717) is 19.3 Å². The van der Waals surface area contributed by atoms with E-state index in [0.717, 1.165) is 64.2 Å². The third-order valence-electron chi connectivity index (χ3n) is 12.6. The van der Waals surface area contributed by atoms with E-state index in [1.807, 2.05) is 0 Å². The highest BCUT2D eigenvalue weighted by Crippen LogP contribution is 2.17. The van der Waals surface area contributed by atoms with Gasteiger partial charge in [0.15, 0.2) is 6.10 Å². The second-order valence-electron chi connectivity index (χ2n) is 19.2. The van der Waals surface area contributed by atoms with Crippen LogP contribution < -0.4 is 0 Å². The Labute approximate surface area is 404 Å². The zero-order valence-electron chi connectivity index (χ0n) is 43.5. The van der Waals surface area contributed by atoms with E-state index in [-0.39, 0.29) is 37.5 Å². The van der Waals surface area contributed by atoms with Gasteiger partial charge in [0.2, 0.25) is 0 Å². The molecule has 0 aliphatic carbocycles. The molecule has 0 unspecified atom stereocenters. The lowest BCUT2D eigenvalue weighted by Crippen LogP contribution is -2.30. The van der Waals surface area contributed by atoms with Crippen LogP contribution in [-0.2, 0) is 28.6 Å². The lowest BCUT2D eigenvalue weighted by molar-refractivity contribution is -0.167. The summed E-state index contributed by atoms with van der Waals surface area (Å²) in [5.41, 5.74) is 0. The van der Waals surface area contributed by atoms with Gasteiger partial charge < -0.3 is 14.2 Å². The molecular formula is C59H108O6. The summed E-state index contributed by atoms with van der Waals surface area (Å²) in [6.07, 6.45) is 64.2. The van der Waals surface area contributed by atoms with E-state index in [4.69, 9.17) is 14.2 Å². The molecule has 380 valence electrons. The number of rotatable bonds is 52. The highest BCUT2D eigenvalue weighted by Gasteiger charge is 2.19. The quantitative estimate of drug-likeness (QED) is 0.0262. The Hall–Kier alpha value is -2.37. The number of carbonyl (C=O) groups excluding carboxylic acids is 3. The molecule has 0 spiro atoms. The summed E-state index contributed by atoms with van der Waals surface area (Å²) in [6, 6.07) is 0. The molecular weight excluding hydrogens is 805 g/mol. The molecule has 6 heteroatoms. The normalized spacial score (nSPS) is 12.2. The maximum atomic E-state index is 12.8. The van der Waals surface area contributed by atoms with Gasteiger partial charge in [-0.15, -0.1) is 0 Å². The van der Waals surface area contributed by atoms with Crippen LogP contribution in [0.5, 0.6) is 0 Å². The average molecular weight is 914 g/mol. The summed E-state index contributed by atoms with van der Waals surface area (Å²) in [5.74, 6) is -0.904. The van der Waals surface area contributed by atoms with Gasteiger partial charge in [-0.1, -0.05) is 263 Å². The molecule has 0 N–H and O–H groups in total. The first kappa shape index (κ1) is 62.6. The number of ether oxygens (including phenoxy) is 3. The Morgan fingerprint density at radius 3 is 0.892 bits per heavy atom. The fourth-order valence-electron chi connectivity index (χ4n) is 8.33. The third-order valence-corrected chi connectivity index (χ3v) is 12.6. The minimum absolute atomic E-state index is 0.0827. The van der Waals surface area contributed by atoms with E-state index < -0.39 is 6.10 Å². The van der Waals surface area contributed by atoms with Crippen LogP contribution in [-0.4, -0.2) is 37.2 Å². The lowest BCUT2D eigenvalue weighted by atomic mass is 10.0. The van der Waals surface area contributed by atoms with Crippen molar-refractivity contribution in [3.05, 3.63) is 36.5 Å². The first-order chi connectivity index (χ1) is 32.0. The second-order valence-corrected chi connectivity index (χ2v) is 19.2. The summed E-state index contributed by atoms with van der Waals surface area (Å²) in [4.78, 5) is 38.1. The van der Waals surface area contributed by atoms with E-state index in [9.17, 15) is 14.4 Å². The van der Waals surface area contributed by atoms with Crippen molar-refractivity contribution in [2.24, 2.45) is 0 Å². The molecule has 0 aliphatic rings. The molecule has 0 saturated carbocycles. The molecule has 0 aromatic rings. The molecule has 6 nitrogen and oxygen atoms in total. The SMILES string of the molecule is CCCCC/C=C\C/C=C\C/C=C\CCCCC(=O)O[C@H](COC(=O)CCCCCCCCCCCCCCC)COC(=O)CCCCCCCCCCCCCCCCCCCCC. The van der Waals surface area contributed by atoms with Crippen molar-refractivity contribution in [2.45, 2.75) is 309 Å². The average Bonchev–Trinajstić information content (AvgIpc) is 3.30. The molecule has 0 bridgehead atoms. The van der Waals surface area contributed by atoms with Crippen LogP contribution in [0.1, 0.15) is 303 Å². The van der Waals surface area contributed by atoms with Crippen molar-refractivity contribution < 1.29 is 28.6 Å². The van der Waals surface area contributed by atoms with Crippen LogP contribution in [0.25, 0.3) is 0 Å². The maximum absolute atomic E-state index is 12.8. The van der Waals surface area contributed by atoms with E-state index in [1.54, 1.807) is 0 Å². The summed E-state index contributed by atoms with van der Waals surface area (Å²) in [7, 11) is 0. The summed E-state index contributed by atoms with van der Waals surface area (Å²) in [5, 5.41) is 0. The van der Waals surface area contributed by atoms with Crippen molar-refractivity contribution in [3.8, 4) is 0 Å². The van der Waals surface area contributed by atoms with E-state index in [2.05, 4.69) is 57.2 Å². The summed E-state index contributed by atoms with van der Waals surface area (Å²) < 4.78 is 16.8. The van der Waals surface area contributed by atoms with E-state index >= 15 is 0 Å². The van der Waals surface area contributed by atoms with Gasteiger partial charge in [-0.2, -0.15) is 0 Å². The number of esters is 3. The van der Waals surface area contributed by atoms with Gasteiger partial charge in [-0.3, -0.25) is 14.4 Å². The molecule has 65 heavy (non-hydrogen) atoms. The van der Waals surface area contributed by atoms with Gasteiger partial charge in [0, 0.05) is 19.3 Å². The van der Waals surface area contributed by atoms with Gasteiger partial charge >= 0.3 is 17.9 Å². The molecule has 0 amide bonds. The monoisotopic (exact) mass is 913 g/mol. The zero-order chi connectivity index (χ0) is 47.2. The van der Waals surface area contributed by atoms with Crippen LogP contribution in [0.3, 0.4) is 0 Å². The van der Waals surface area contributed by atoms with Crippen molar-refractivity contribution in [2.75, 3.05) is 13.2 Å². The highest BCUT2D eigenvalue weighted by atomic mass is 16.6. The standard InChI is InChI=1S/C59H108O6/c1-4-7-10-13-16-19-22-25-27-28-29-30-32-34-37-40-43-46-49-52-58(61)64-55-56(54-63-57(60)51-48-45-42-39-36-33-24-21-18-15-12-9-6-3)65-59(62)53-50-47-44-41-38-35-31-26-23-20-17-14-11-8-5-2/h17,20,26,31,38,41,56H,4-16,18-19,21-25,27-30,32-37,39-40,42-55H2,1-3H3/b20-17-,31-26-,41-38-/t56-/m1/s1. The number of hydrogen-bond acceptors (Lipinski definition) is 6. The maximum Gasteiger partial charge on any atom is 0.306 e. The fraction of sp³-hybridized carbons (Fsp3) is 0.847. The Morgan fingerprint density at radius 1 is 0.308 bits per heavy atom. The minimum atomic E-state index is -0.787. The molecule has 0 aliphatic heterocycles. The number of allylic oxidation sites excluding steroid dienone is 6. The van der Waals surface area contributed by atoms with Crippen molar-refractivity contribution in [3.63, 3.8) is 0 Å². The number of carbonyl (C=O) groups is 3. The first-order valence-electron chi connectivity index (χ1n) is 28.5. The highest BCUT2D eigenvalue weighted by molar-refractivity contribution is 5.71. The molecule has 0 heterocycles. The molecule has 0 aromatic carbocycles. The van der Waals surface area contributed by atoms with Crippen LogP contribution in [0.2, 0.25) is 0 Å². The second kappa shape index (κ2) is 54.2. The first-order valence-corrected chi connectivity index (χ1v) is 28.5. The topological polar surface area (TPSA) is 78.9 Å². The Balaban J connectivity index is 4.35. The Morgan fingerprint density at radius 2 is 0.554 bits per heavy atom. The smallest absolute Gasteiger partial charge is 0.306 e. The predicted octanol–water partition coefficient (Wildman–Crippen LogP) is 18.9. The van der Waals surface area contributed by atoms with Crippen molar-refractivity contribution >= 4 is 17.9 Å². The van der Waals surface area contributed by atoms with Crippen molar-refractivity contribution in [1.82, 2.24) is 0 Å². The van der Waals surface area contributed by atoms with Gasteiger partial charge in [-0.25, -0.2) is 0 Å². The number of hydrogen-bond donors (Lipinski definition) is 0. The summed E-state index contributed by atoms with van der Waals surface area (Å²) >= 11 is 0. The van der Waals surface area contributed by atoms with Crippen LogP contribution in [0.4, 0.5) is 0 Å². The van der Waals surface area contributed by atoms with Crippen LogP contribution in [0, 0.1) is 0 Å². The molecule has 0 aromatic heterocycles. The molecule has 0 rings (SSSR count). The zero-order valence-corrected chi connectivity index (χ0v) is 43.5. The van der Waals surface area contributed by atoms with Gasteiger partial charge in [0.1, 0.15) is 13.2 Å². The van der Waals surface area contributed by atoms with Gasteiger partial charge in [-0.05, 0) is 57.8 Å². The Kier molecular flexibility index (Phi) is 52.3. The predicted molar refractivity (Wildman–Crippen MR) is 279 cm³/mol. The third kappa shape index (κ3) is 52.5. The molecule has 1 atom stereocenters. The minimum Gasteiger partial charge on any atom is -0.462 e. The molecule has 0 radical (unpaired) electrons. The van der Waals surface area contributed by atoms with Crippen molar-refractivity contribution in [1.29, 1.82) is 0 Å². The Bertz CT molecular complexity index is 1090.